The third-order valence-corrected chi connectivity index (χ3v) is 5.25. The van der Waals surface area contributed by atoms with Crippen molar-refractivity contribution in [2.24, 2.45) is 0 Å². The Hall–Kier alpha value is -2.70. The lowest BCUT2D eigenvalue weighted by atomic mass is 9.97. The number of aromatic nitrogens is 4. The Morgan fingerprint density at radius 2 is 2.07 bits per heavy atom. The van der Waals surface area contributed by atoms with Crippen LogP contribution >= 0.6 is 0 Å². The molecule has 0 saturated heterocycles. The molecule has 0 fully saturated rings. The molecule has 2 heterocycles. The van der Waals surface area contributed by atoms with Crippen molar-refractivity contribution in [3.8, 4) is 5.95 Å². The molecule has 1 aliphatic carbocycles. The number of aromatic amines is 1. The number of amides is 1. The number of H-pyrrole nitrogens is 1. The second-order valence-electron chi connectivity index (χ2n) is 7.48. The lowest BCUT2D eigenvalue weighted by Gasteiger charge is -2.13. The molecule has 0 aromatic carbocycles. The molecular weight excluding hydrogens is 354 g/mol. The Morgan fingerprint density at radius 1 is 1.25 bits per heavy atom. The van der Waals surface area contributed by atoms with E-state index in [0.717, 1.165) is 23.4 Å². The molecule has 0 radical (unpaired) electrons. The van der Waals surface area contributed by atoms with Crippen molar-refractivity contribution in [1.82, 2.24) is 25.1 Å². The van der Waals surface area contributed by atoms with Crippen LogP contribution in [0.25, 0.3) is 5.95 Å². The van der Waals surface area contributed by atoms with Gasteiger partial charge in [0, 0.05) is 30.4 Å². The van der Waals surface area contributed by atoms with Gasteiger partial charge in [-0.15, -0.1) is 0 Å². The van der Waals surface area contributed by atoms with Crippen LogP contribution in [0, 0.1) is 20.8 Å². The zero-order valence-corrected chi connectivity index (χ0v) is 17.0. The number of hydrogen-bond donors (Lipinski definition) is 2. The second-order valence-corrected chi connectivity index (χ2v) is 7.48. The quantitative estimate of drug-likeness (QED) is 0.719. The fourth-order valence-corrected chi connectivity index (χ4v) is 3.73. The average molecular weight is 383 g/mol. The van der Waals surface area contributed by atoms with Crippen molar-refractivity contribution in [2.75, 3.05) is 6.54 Å². The van der Waals surface area contributed by atoms with Gasteiger partial charge < -0.3 is 5.32 Å². The Bertz CT molecular complexity index is 939. The lowest BCUT2D eigenvalue weighted by molar-refractivity contribution is -0.121. The summed E-state index contributed by atoms with van der Waals surface area (Å²) in [7, 11) is 0. The summed E-state index contributed by atoms with van der Waals surface area (Å²) < 4.78 is 1.65. The standard InChI is InChI=1S/C21H29N5O2/c1-14-13-20(28)24-21(23-14)26-16(3)18(15(2)25-26)9-10-19(27)22-12-11-17-7-5-4-6-8-17/h7,13H,4-6,8-12H2,1-3H3,(H,22,27)(H,23,24,28). The summed E-state index contributed by atoms with van der Waals surface area (Å²) in [4.78, 5) is 31.0. The molecule has 150 valence electrons. The van der Waals surface area contributed by atoms with Crippen LogP contribution in [0.2, 0.25) is 0 Å². The van der Waals surface area contributed by atoms with Crippen LogP contribution in [0.4, 0.5) is 0 Å². The van der Waals surface area contributed by atoms with Crippen LogP contribution in [-0.4, -0.2) is 32.2 Å². The third kappa shape index (κ3) is 4.97. The Balaban J connectivity index is 1.58. The highest BCUT2D eigenvalue weighted by molar-refractivity contribution is 5.76. The minimum atomic E-state index is -0.205. The molecule has 7 nitrogen and oxygen atoms in total. The van der Waals surface area contributed by atoms with Crippen LogP contribution in [-0.2, 0) is 11.2 Å². The first-order chi connectivity index (χ1) is 13.4. The highest BCUT2D eigenvalue weighted by Gasteiger charge is 2.16. The van der Waals surface area contributed by atoms with Gasteiger partial charge in [-0.3, -0.25) is 14.6 Å². The van der Waals surface area contributed by atoms with Crippen molar-refractivity contribution in [3.63, 3.8) is 0 Å². The van der Waals surface area contributed by atoms with Gasteiger partial charge in [0.2, 0.25) is 11.9 Å². The molecule has 3 rings (SSSR count). The van der Waals surface area contributed by atoms with Gasteiger partial charge in [-0.1, -0.05) is 11.6 Å². The number of nitrogens with one attached hydrogen (secondary N) is 2. The van der Waals surface area contributed by atoms with Crippen molar-refractivity contribution >= 4 is 5.91 Å². The summed E-state index contributed by atoms with van der Waals surface area (Å²) in [6, 6.07) is 1.45. The number of hydrogen-bond acceptors (Lipinski definition) is 4. The van der Waals surface area contributed by atoms with E-state index in [1.807, 2.05) is 13.8 Å². The number of aryl methyl sites for hydroxylation is 2. The van der Waals surface area contributed by atoms with Gasteiger partial charge in [0.05, 0.1) is 5.69 Å². The van der Waals surface area contributed by atoms with Gasteiger partial charge in [0.25, 0.3) is 5.56 Å². The topological polar surface area (TPSA) is 92.7 Å². The molecule has 2 N–H and O–H groups in total. The highest BCUT2D eigenvalue weighted by atomic mass is 16.1. The van der Waals surface area contributed by atoms with Crippen molar-refractivity contribution < 1.29 is 4.79 Å². The van der Waals surface area contributed by atoms with Gasteiger partial charge in [-0.2, -0.15) is 5.10 Å². The Labute approximate surface area is 165 Å². The predicted molar refractivity (Wildman–Crippen MR) is 109 cm³/mol. The maximum absolute atomic E-state index is 12.2. The van der Waals surface area contributed by atoms with Crippen molar-refractivity contribution in [3.05, 3.63) is 50.7 Å². The predicted octanol–water partition coefficient (Wildman–Crippen LogP) is 2.82. The maximum atomic E-state index is 12.2. The largest absolute Gasteiger partial charge is 0.356 e. The van der Waals surface area contributed by atoms with Crippen LogP contribution in [0.3, 0.4) is 0 Å². The van der Waals surface area contributed by atoms with E-state index in [4.69, 9.17) is 0 Å². The van der Waals surface area contributed by atoms with E-state index in [9.17, 15) is 9.59 Å². The van der Waals surface area contributed by atoms with Crippen LogP contribution in [0.1, 0.15) is 61.2 Å². The van der Waals surface area contributed by atoms with Gasteiger partial charge in [0.15, 0.2) is 0 Å². The van der Waals surface area contributed by atoms with Gasteiger partial charge >= 0.3 is 0 Å². The number of rotatable bonds is 7. The molecule has 0 spiro atoms. The van der Waals surface area contributed by atoms with E-state index < -0.39 is 0 Å². The lowest BCUT2D eigenvalue weighted by Crippen LogP contribution is -2.25. The molecule has 7 heteroatoms. The highest BCUT2D eigenvalue weighted by Crippen LogP contribution is 2.20. The van der Waals surface area contributed by atoms with E-state index in [1.54, 1.807) is 11.6 Å². The molecule has 0 atom stereocenters. The number of nitrogens with zero attached hydrogens (tertiary/aromatic N) is 3. The van der Waals surface area contributed by atoms with Gasteiger partial charge in [0.1, 0.15) is 0 Å². The van der Waals surface area contributed by atoms with E-state index in [-0.39, 0.29) is 11.5 Å². The van der Waals surface area contributed by atoms with Crippen LogP contribution in [0.15, 0.2) is 22.5 Å². The first-order valence-electron chi connectivity index (χ1n) is 10.0. The fourth-order valence-electron chi connectivity index (χ4n) is 3.73. The third-order valence-electron chi connectivity index (χ3n) is 5.25. The van der Waals surface area contributed by atoms with Crippen molar-refractivity contribution in [1.29, 1.82) is 0 Å². The Kier molecular flexibility index (Phi) is 6.44. The zero-order valence-electron chi connectivity index (χ0n) is 17.0. The molecule has 0 saturated carbocycles. The summed E-state index contributed by atoms with van der Waals surface area (Å²) >= 11 is 0. The van der Waals surface area contributed by atoms with E-state index in [2.05, 4.69) is 26.5 Å². The maximum Gasteiger partial charge on any atom is 0.252 e. The smallest absolute Gasteiger partial charge is 0.252 e. The fraction of sp³-hybridized carbons (Fsp3) is 0.524. The molecule has 1 amide bonds. The van der Waals surface area contributed by atoms with Crippen molar-refractivity contribution in [2.45, 2.75) is 65.7 Å². The minimum absolute atomic E-state index is 0.0602. The van der Waals surface area contributed by atoms with E-state index >= 15 is 0 Å². The Morgan fingerprint density at radius 3 is 2.79 bits per heavy atom. The molecule has 1 aliphatic rings. The average Bonchev–Trinajstić information content (AvgIpc) is 2.94. The first-order valence-corrected chi connectivity index (χ1v) is 10.0. The normalized spacial score (nSPS) is 14.0. The summed E-state index contributed by atoms with van der Waals surface area (Å²) in [6.45, 7) is 6.33. The number of carbonyl (C=O) groups excluding carboxylic acids is 1. The number of allylic oxidation sites excluding steroid dienone is 1. The zero-order chi connectivity index (χ0) is 20.1. The van der Waals surface area contributed by atoms with E-state index in [1.165, 1.54) is 37.3 Å². The molecule has 0 unspecified atom stereocenters. The molecule has 0 aliphatic heterocycles. The van der Waals surface area contributed by atoms with Gasteiger partial charge in [-0.25, -0.2) is 9.67 Å². The summed E-state index contributed by atoms with van der Waals surface area (Å²) in [5.74, 6) is 0.465. The second kappa shape index (κ2) is 8.99. The van der Waals surface area contributed by atoms with E-state index in [0.29, 0.717) is 31.0 Å². The summed E-state index contributed by atoms with van der Waals surface area (Å²) in [6.07, 6.45) is 9.20. The molecule has 28 heavy (non-hydrogen) atoms. The summed E-state index contributed by atoms with van der Waals surface area (Å²) in [5.41, 5.74) is 4.67. The van der Waals surface area contributed by atoms with Gasteiger partial charge in [-0.05, 0) is 64.9 Å². The molecule has 0 bridgehead atoms. The minimum Gasteiger partial charge on any atom is -0.356 e. The molecule has 2 aromatic rings. The molecule has 2 aromatic heterocycles. The monoisotopic (exact) mass is 383 g/mol. The SMILES string of the molecule is Cc1cc(=O)[nH]c(-n2nc(C)c(CCC(=O)NCCC3=CCCCC3)c2C)n1. The van der Waals surface area contributed by atoms with Crippen LogP contribution < -0.4 is 10.9 Å². The molecular formula is C21H29N5O2. The number of carbonyl (C=O) groups is 1. The first kappa shape index (κ1) is 20.0. The summed E-state index contributed by atoms with van der Waals surface area (Å²) in [5, 5.41) is 7.53. The van der Waals surface area contributed by atoms with Crippen LogP contribution in [0.5, 0.6) is 0 Å².